The van der Waals surface area contributed by atoms with Gasteiger partial charge in [0.2, 0.25) is 0 Å². The van der Waals surface area contributed by atoms with Crippen LogP contribution in [0.15, 0.2) is 23.8 Å². The number of aliphatic hydroxyl groups is 1. The van der Waals surface area contributed by atoms with Crippen LogP contribution in [0.3, 0.4) is 0 Å². The molecule has 2 nitrogen and oxygen atoms in total. The summed E-state index contributed by atoms with van der Waals surface area (Å²) in [5.41, 5.74) is -0.464. The highest BCUT2D eigenvalue weighted by Gasteiger charge is 2.26. The van der Waals surface area contributed by atoms with Gasteiger partial charge >= 0.3 is 0 Å². The van der Waals surface area contributed by atoms with Crippen LogP contribution in [0.2, 0.25) is 0 Å². The first-order valence-electron chi connectivity index (χ1n) is 4.63. The molecule has 13 heavy (non-hydrogen) atoms. The summed E-state index contributed by atoms with van der Waals surface area (Å²) in [6.45, 7) is 3.07. The van der Waals surface area contributed by atoms with E-state index >= 15 is 0 Å². The Kier molecular flexibility index (Phi) is 3.04. The third-order valence-corrected chi connectivity index (χ3v) is 2.09. The van der Waals surface area contributed by atoms with Gasteiger partial charge < -0.3 is 5.11 Å². The molecule has 0 aliphatic heterocycles. The van der Waals surface area contributed by atoms with Crippen LogP contribution in [0.1, 0.15) is 33.1 Å². The summed E-state index contributed by atoms with van der Waals surface area (Å²) in [6, 6.07) is 0. The third-order valence-electron chi connectivity index (χ3n) is 2.09. The van der Waals surface area contributed by atoms with E-state index in [0.29, 0.717) is 0 Å². The third kappa shape index (κ3) is 2.81. The lowest BCUT2D eigenvalue weighted by molar-refractivity contribution is -0.130. The van der Waals surface area contributed by atoms with Crippen LogP contribution >= 0.6 is 0 Å². The normalized spacial score (nSPS) is 17.9. The molecule has 0 fully saturated rings. The van der Waals surface area contributed by atoms with Crippen molar-refractivity contribution in [2.75, 3.05) is 0 Å². The second-order valence-corrected chi connectivity index (χ2v) is 3.86. The zero-order valence-corrected chi connectivity index (χ0v) is 8.21. The highest BCUT2D eigenvalue weighted by atomic mass is 16.3. The predicted octanol–water partition coefficient (Wildman–Crippen LogP) is 1.99. The second kappa shape index (κ2) is 3.88. The number of hydrogen-bond donors (Lipinski definition) is 1. The fourth-order valence-corrected chi connectivity index (χ4v) is 1.36. The van der Waals surface area contributed by atoms with E-state index < -0.39 is 5.60 Å². The van der Waals surface area contributed by atoms with Crippen LogP contribution in [-0.2, 0) is 4.79 Å². The Morgan fingerprint density at radius 3 is 2.77 bits per heavy atom. The molecule has 0 radical (unpaired) electrons. The van der Waals surface area contributed by atoms with Gasteiger partial charge in [-0.15, -0.1) is 0 Å². The SMILES string of the molecule is CC(C)(O)C(=O)C1=CCC=CCC1. The van der Waals surface area contributed by atoms with Gasteiger partial charge in [0.25, 0.3) is 0 Å². The quantitative estimate of drug-likeness (QED) is 0.660. The molecule has 2 heteroatoms. The van der Waals surface area contributed by atoms with Crippen LogP contribution in [0.4, 0.5) is 0 Å². The Bertz CT molecular complexity index is 254. The van der Waals surface area contributed by atoms with E-state index in [1.54, 1.807) is 0 Å². The summed E-state index contributed by atoms with van der Waals surface area (Å²) < 4.78 is 0. The molecular formula is C11H16O2. The van der Waals surface area contributed by atoms with Crippen LogP contribution in [0.25, 0.3) is 0 Å². The van der Waals surface area contributed by atoms with Gasteiger partial charge in [-0.1, -0.05) is 18.2 Å². The molecule has 0 aromatic heterocycles. The molecule has 0 aromatic rings. The molecule has 72 valence electrons. The topological polar surface area (TPSA) is 37.3 Å². The molecular weight excluding hydrogens is 164 g/mol. The smallest absolute Gasteiger partial charge is 0.189 e. The highest BCUT2D eigenvalue weighted by molar-refractivity contribution is 6.01. The van der Waals surface area contributed by atoms with Crippen molar-refractivity contribution in [1.82, 2.24) is 0 Å². The van der Waals surface area contributed by atoms with Crippen molar-refractivity contribution >= 4 is 5.78 Å². The number of rotatable bonds is 2. The van der Waals surface area contributed by atoms with Gasteiger partial charge in [-0.25, -0.2) is 0 Å². The molecule has 1 aliphatic rings. The average molecular weight is 180 g/mol. The van der Waals surface area contributed by atoms with E-state index in [9.17, 15) is 9.90 Å². The van der Waals surface area contributed by atoms with Crippen molar-refractivity contribution in [1.29, 1.82) is 0 Å². The van der Waals surface area contributed by atoms with Gasteiger partial charge in [-0.2, -0.15) is 0 Å². The summed E-state index contributed by atoms with van der Waals surface area (Å²) in [4.78, 5) is 11.6. The minimum Gasteiger partial charge on any atom is -0.382 e. The Labute approximate surface area is 79.0 Å². The second-order valence-electron chi connectivity index (χ2n) is 3.86. The van der Waals surface area contributed by atoms with Gasteiger partial charge in [0.1, 0.15) is 5.60 Å². The minimum absolute atomic E-state index is 0.142. The number of carbonyl (C=O) groups is 1. The molecule has 0 spiro atoms. The van der Waals surface area contributed by atoms with Crippen LogP contribution in [-0.4, -0.2) is 16.5 Å². The van der Waals surface area contributed by atoms with Crippen molar-refractivity contribution in [3.05, 3.63) is 23.8 Å². The van der Waals surface area contributed by atoms with Crippen molar-refractivity contribution < 1.29 is 9.90 Å². The van der Waals surface area contributed by atoms with Crippen LogP contribution in [0.5, 0.6) is 0 Å². The minimum atomic E-state index is -1.23. The van der Waals surface area contributed by atoms with E-state index in [0.717, 1.165) is 24.8 Å². The van der Waals surface area contributed by atoms with Gasteiger partial charge in [0, 0.05) is 0 Å². The fourth-order valence-electron chi connectivity index (χ4n) is 1.36. The monoisotopic (exact) mass is 180 g/mol. The lowest BCUT2D eigenvalue weighted by Crippen LogP contribution is -2.32. The lowest BCUT2D eigenvalue weighted by atomic mass is 9.94. The van der Waals surface area contributed by atoms with Gasteiger partial charge in [0.05, 0.1) is 0 Å². The number of Topliss-reactive ketones (excluding diaryl/α,β-unsaturated/α-hetero) is 1. The first-order valence-corrected chi connectivity index (χ1v) is 4.63. The summed E-state index contributed by atoms with van der Waals surface area (Å²) in [5, 5.41) is 9.52. The number of ketones is 1. The summed E-state index contributed by atoms with van der Waals surface area (Å²) >= 11 is 0. The van der Waals surface area contributed by atoms with Crippen LogP contribution < -0.4 is 0 Å². The van der Waals surface area contributed by atoms with Gasteiger partial charge in [-0.3, -0.25) is 4.79 Å². The molecule has 0 heterocycles. The zero-order chi connectivity index (χ0) is 9.90. The maximum absolute atomic E-state index is 11.6. The zero-order valence-electron chi connectivity index (χ0n) is 8.21. The average Bonchev–Trinajstić information content (AvgIpc) is 2.28. The standard InChI is InChI=1S/C11H16O2/c1-11(2,13)10(12)9-7-5-3-4-6-8-9/h3-4,7,13H,5-6,8H2,1-2H3. The molecule has 0 saturated carbocycles. The Hall–Kier alpha value is -0.890. The van der Waals surface area contributed by atoms with E-state index in [1.807, 2.05) is 12.2 Å². The van der Waals surface area contributed by atoms with E-state index in [-0.39, 0.29) is 5.78 Å². The molecule has 0 bridgehead atoms. The molecule has 1 N–H and O–H groups in total. The molecule has 0 aromatic carbocycles. The van der Waals surface area contributed by atoms with Gasteiger partial charge in [-0.05, 0) is 38.7 Å². The first-order chi connectivity index (χ1) is 6.02. The maximum atomic E-state index is 11.6. The van der Waals surface area contributed by atoms with E-state index in [4.69, 9.17) is 0 Å². The summed E-state index contributed by atoms with van der Waals surface area (Å²) in [6.07, 6.45) is 8.47. The predicted molar refractivity (Wildman–Crippen MR) is 52.4 cm³/mol. The molecule has 1 aliphatic carbocycles. The number of hydrogen-bond acceptors (Lipinski definition) is 2. The lowest BCUT2D eigenvalue weighted by Gasteiger charge is -2.17. The summed E-state index contributed by atoms with van der Waals surface area (Å²) in [5.74, 6) is -0.142. The molecule has 0 amide bonds. The van der Waals surface area contributed by atoms with Crippen molar-refractivity contribution in [3.8, 4) is 0 Å². The Morgan fingerprint density at radius 1 is 1.46 bits per heavy atom. The van der Waals surface area contributed by atoms with Gasteiger partial charge in [0.15, 0.2) is 5.78 Å². The first kappa shape index (κ1) is 10.2. The summed E-state index contributed by atoms with van der Waals surface area (Å²) in [7, 11) is 0. The Balaban J connectivity index is 2.73. The van der Waals surface area contributed by atoms with Crippen molar-refractivity contribution in [2.45, 2.75) is 38.7 Å². The maximum Gasteiger partial charge on any atom is 0.189 e. The molecule has 0 unspecified atom stereocenters. The Morgan fingerprint density at radius 2 is 2.15 bits per heavy atom. The highest BCUT2D eigenvalue weighted by Crippen LogP contribution is 2.18. The molecule has 1 rings (SSSR count). The molecule has 0 saturated heterocycles. The van der Waals surface area contributed by atoms with Crippen molar-refractivity contribution in [2.24, 2.45) is 0 Å². The van der Waals surface area contributed by atoms with E-state index in [1.165, 1.54) is 13.8 Å². The van der Waals surface area contributed by atoms with Crippen molar-refractivity contribution in [3.63, 3.8) is 0 Å². The largest absolute Gasteiger partial charge is 0.382 e. The number of carbonyl (C=O) groups excluding carboxylic acids is 1. The fraction of sp³-hybridized carbons (Fsp3) is 0.545. The van der Waals surface area contributed by atoms with Crippen LogP contribution in [0, 0.1) is 0 Å². The molecule has 0 atom stereocenters. The van der Waals surface area contributed by atoms with E-state index in [2.05, 4.69) is 6.08 Å². The number of allylic oxidation sites excluding steroid dienone is 3.